The topological polar surface area (TPSA) is 15.3 Å². The lowest BCUT2D eigenvalue weighted by Crippen LogP contribution is -2.42. The van der Waals surface area contributed by atoms with Crippen LogP contribution in [0.1, 0.15) is 48.8 Å². The van der Waals surface area contributed by atoms with E-state index in [0.29, 0.717) is 0 Å². The second kappa shape index (κ2) is 6.28. The zero-order valence-corrected chi connectivity index (χ0v) is 13.0. The minimum absolute atomic E-state index is 0.749. The number of benzene rings is 1. The minimum Gasteiger partial charge on any atom is -0.315 e. The van der Waals surface area contributed by atoms with E-state index in [9.17, 15) is 0 Å². The van der Waals surface area contributed by atoms with Crippen LogP contribution in [0.15, 0.2) is 18.2 Å². The summed E-state index contributed by atoms with van der Waals surface area (Å²) in [6, 6.07) is 8.59. The summed E-state index contributed by atoms with van der Waals surface area (Å²) in [4.78, 5) is 2.81. The largest absolute Gasteiger partial charge is 0.315 e. The van der Waals surface area contributed by atoms with Crippen molar-refractivity contribution in [3.05, 3.63) is 34.9 Å². The predicted octanol–water partition coefficient (Wildman–Crippen LogP) is 3.41. The molecule has 20 heavy (non-hydrogen) atoms. The van der Waals surface area contributed by atoms with E-state index in [-0.39, 0.29) is 0 Å². The van der Waals surface area contributed by atoms with Crippen LogP contribution in [0.2, 0.25) is 0 Å². The molecule has 0 radical (unpaired) electrons. The number of rotatable bonds is 4. The van der Waals surface area contributed by atoms with Crippen molar-refractivity contribution in [2.24, 2.45) is 0 Å². The molecule has 1 saturated heterocycles. The highest BCUT2D eigenvalue weighted by Crippen LogP contribution is 2.28. The first kappa shape index (κ1) is 14.1. The third-order valence-electron chi connectivity index (χ3n) is 4.94. The Kier molecular flexibility index (Phi) is 4.42. The minimum atomic E-state index is 0.749. The molecule has 0 amide bonds. The van der Waals surface area contributed by atoms with E-state index in [0.717, 1.165) is 18.6 Å². The number of hydrogen-bond donors (Lipinski definition) is 1. The van der Waals surface area contributed by atoms with Gasteiger partial charge >= 0.3 is 0 Å². The predicted molar refractivity (Wildman–Crippen MR) is 85.0 cm³/mol. The molecule has 2 fully saturated rings. The lowest BCUT2D eigenvalue weighted by Gasteiger charge is -2.34. The number of nitrogens with one attached hydrogen (secondary N) is 1. The molecule has 1 N–H and O–H groups in total. The van der Waals surface area contributed by atoms with E-state index < -0.39 is 0 Å². The van der Waals surface area contributed by atoms with Crippen molar-refractivity contribution in [3.63, 3.8) is 0 Å². The summed E-state index contributed by atoms with van der Waals surface area (Å²) in [5.41, 5.74) is 4.30. The summed E-state index contributed by atoms with van der Waals surface area (Å²) in [6.07, 6.45) is 6.98. The van der Waals surface area contributed by atoms with Crippen molar-refractivity contribution in [2.45, 2.75) is 64.6 Å². The smallest absolute Gasteiger partial charge is 0.0240 e. The van der Waals surface area contributed by atoms with Crippen LogP contribution in [-0.4, -0.2) is 30.1 Å². The van der Waals surface area contributed by atoms with E-state index in [1.807, 2.05) is 0 Å². The zero-order chi connectivity index (χ0) is 13.9. The quantitative estimate of drug-likeness (QED) is 0.903. The molecule has 1 atom stereocenters. The molecular formula is C18H28N2. The molecule has 110 valence electrons. The zero-order valence-electron chi connectivity index (χ0n) is 13.0. The van der Waals surface area contributed by atoms with Gasteiger partial charge in [0.1, 0.15) is 0 Å². The Labute approximate surface area is 123 Å². The van der Waals surface area contributed by atoms with Crippen LogP contribution in [0.25, 0.3) is 0 Å². The van der Waals surface area contributed by atoms with Crippen LogP contribution in [0.3, 0.4) is 0 Å². The SMILES string of the molecule is Cc1cc(C)cc(CN(C2CCCC2)[C@H]2CCNC2)c1. The first-order valence-electron chi connectivity index (χ1n) is 8.26. The Morgan fingerprint density at radius 2 is 1.70 bits per heavy atom. The van der Waals surface area contributed by atoms with Gasteiger partial charge in [0.05, 0.1) is 0 Å². The molecule has 1 heterocycles. The highest BCUT2D eigenvalue weighted by atomic mass is 15.2. The Morgan fingerprint density at radius 3 is 2.30 bits per heavy atom. The number of nitrogens with zero attached hydrogens (tertiary/aromatic N) is 1. The first-order chi connectivity index (χ1) is 9.72. The normalized spacial score (nSPS) is 23.9. The van der Waals surface area contributed by atoms with Crippen LogP contribution >= 0.6 is 0 Å². The summed E-state index contributed by atoms with van der Waals surface area (Å²) in [6.45, 7) is 7.95. The highest BCUT2D eigenvalue weighted by Gasteiger charge is 2.30. The summed E-state index contributed by atoms with van der Waals surface area (Å²) in [7, 11) is 0. The molecule has 0 unspecified atom stereocenters. The van der Waals surface area contributed by atoms with Gasteiger partial charge in [-0.3, -0.25) is 4.90 Å². The Balaban J connectivity index is 1.77. The van der Waals surface area contributed by atoms with E-state index in [1.165, 1.54) is 61.9 Å². The van der Waals surface area contributed by atoms with Gasteiger partial charge in [-0.05, 0) is 45.2 Å². The Morgan fingerprint density at radius 1 is 1.00 bits per heavy atom. The average Bonchev–Trinajstić information content (AvgIpc) is 3.08. The molecule has 1 aliphatic carbocycles. The maximum Gasteiger partial charge on any atom is 0.0240 e. The van der Waals surface area contributed by atoms with Crippen molar-refractivity contribution in [2.75, 3.05) is 13.1 Å². The van der Waals surface area contributed by atoms with E-state index in [2.05, 4.69) is 42.3 Å². The van der Waals surface area contributed by atoms with Crippen LogP contribution in [0, 0.1) is 13.8 Å². The van der Waals surface area contributed by atoms with Crippen LogP contribution in [-0.2, 0) is 6.54 Å². The molecular weight excluding hydrogens is 244 g/mol. The number of aryl methyl sites for hydroxylation is 2. The van der Waals surface area contributed by atoms with Gasteiger partial charge in [0, 0.05) is 25.2 Å². The van der Waals surface area contributed by atoms with Crippen LogP contribution in [0.5, 0.6) is 0 Å². The van der Waals surface area contributed by atoms with Crippen molar-refractivity contribution in [1.29, 1.82) is 0 Å². The summed E-state index contributed by atoms with van der Waals surface area (Å²) < 4.78 is 0. The van der Waals surface area contributed by atoms with Gasteiger partial charge in [0.25, 0.3) is 0 Å². The maximum atomic E-state index is 3.54. The summed E-state index contributed by atoms with van der Waals surface area (Å²) in [5, 5.41) is 3.54. The third kappa shape index (κ3) is 3.24. The monoisotopic (exact) mass is 272 g/mol. The van der Waals surface area contributed by atoms with Crippen LogP contribution < -0.4 is 5.32 Å². The van der Waals surface area contributed by atoms with Gasteiger partial charge in [0.2, 0.25) is 0 Å². The molecule has 1 aromatic carbocycles. The van der Waals surface area contributed by atoms with E-state index in [1.54, 1.807) is 0 Å². The molecule has 3 rings (SSSR count). The van der Waals surface area contributed by atoms with Gasteiger partial charge in [-0.2, -0.15) is 0 Å². The summed E-state index contributed by atoms with van der Waals surface area (Å²) >= 11 is 0. The molecule has 0 aromatic heterocycles. The fourth-order valence-electron chi connectivity index (χ4n) is 4.09. The lowest BCUT2D eigenvalue weighted by atomic mass is 10.0. The van der Waals surface area contributed by atoms with Crippen LogP contribution in [0.4, 0.5) is 0 Å². The first-order valence-corrected chi connectivity index (χ1v) is 8.26. The second-order valence-corrected chi connectivity index (χ2v) is 6.75. The number of hydrogen-bond acceptors (Lipinski definition) is 2. The lowest BCUT2D eigenvalue weighted by molar-refractivity contribution is 0.135. The summed E-state index contributed by atoms with van der Waals surface area (Å²) in [5.74, 6) is 0. The molecule has 1 saturated carbocycles. The van der Waals surface area contributed by atoms with Gasteiger partial charge in [0.15, 0.2) is 0 Å². The molecule has 2 aliphatic rings. The maximum absolute atomic E-state index is 3.54. The van der Waals surface area contributed by atoms with E-state index in [4.69, 9.17) is 0 Å². The molecule has 1 aromatic rings. The van der Waals surface area contributed by atoms with Gasteiger partial charge in [-0.1, -0.05) is 42.2 Å². The van der Waals surface area contributed by atoms with Gasteiger partial charge in [-0.25, -0.2) is 0 Å². The van der Waals surface area contributed by atoms with Crippen molar-refractivity contribution < 1.29 is 0 Å². The van der Waals surface area contributed by atoms with Crippen molar-refractivity contribution >= 4 is 0 Å². The van der Waals surface area contributed by atoms with E-state index >= 15 is 0 Å². The molecule has 0 spiro atoms. The molecule has 2 heteroatoms. The Hall–Kier alpha value is -0.860. The molecule has 2 nitrogen and oxygen atoms in total. The van der Waals surface area contributed by atoms with Gasteiger partial charge in [-0.15, -0.1) is 0 Å². The fourth-order valence-corrected chi connectivity index (χ4v) is 4.09. The molecule has 0 bridgehead atoms. The third-order valence-corrected chi connectivity index (χ3v) is 4.94. The van der Waals surface area contributed by atoms with Crippen molar-refractivity contribution in [1.82, 2.24) is 10.2 Å². The Bertz CT molecular complexity index is 406. The highest BCUT2D eigenvalue weighted by molar-refractivity contribution is 5.28. The second-order valence-electron chi connectivity index (χ2n) is 6.75. The molecule has 1 aliphatic heterocycles. The standard InChI is InChI=1S/C18H28N2/c1-14-9-15(2)11-16(10-14)13-20(17-5-3-4-6-17)18-7-8-19-12-18/h9-11,17-19H,3-8,12-13H2,1-2H3/t18-/m0/s1. The van der Waals surface area contributed by atoms with Crippen molar-refractivity contribution in [3.8, 4) is 0 Å². The van der Waals surface area contributed by atoms with Gasteiger partial charge < -0.3 is 5.32 Å². The average molecular weight is 272 g/mol. The fraction of sp³-hybridized carbons (Fsp3) is 0.667.